The number of rotatable bonds is 6. The first-order chi connectivity index (χ1) is 10.3. The summed E-state index contributed by atoms with van der Waals surface area (Å²) in [6.45, 7) is 1.94. The lowest BCUT2D eigenvalue weighted by atomic mass is 10.1. The fourth-order valence-corrected chi connectivity index (χ4v) is 3.78. The molecule has 0 fully saturated rings. The molecular weight excluding hydrogens is 329 g/mol. The number of nitrogens with one attached hydrogen (secondary N) is 1. The van der Waals surface area contributed by atoms with Crippen LogP contribution >= 0.6 is 11.3 Å². The quantitative estimate of drug-likeness (QED) is 0.835. The number of primary sulfonamides is 1. The maximum atomic E-state index is 12.9. The van der Waals surface area contributed by atoms with Gasteiger partial charge < -0.3 is 10.1 Å². The minimum atomic E-state index is -3.77. The molecule has 0 spiro atoms. The number of aryl methyl sites for hydroxylation is 1. The molecule has 2 rings (SSSR count). The van der Waals surface area contributed by atoms with E-state index in [4.69, 9.17) is 9.88 Å². The fourth-order valence-electron chi connectivity index (χ4n) is 1.92. The predicted octanol–water partition coefficient (Wildman–Crippen LogP) is 2.04. The Morgan fingerprint density at radius 1 is 1.41 bits per heavy atom. The SMILES string of the molecule is CO[C@@H](CNc1nc(C)c(S(N)(=O)=O)s1)c1ccc(F)cc1. The molecule has 0 saturated heterocycles. The van der Waals surface area contributed by atoms with Crippen molar-refractivity contribution in [2.75, 3.05) is 19.0 Å². The second kappa shape index (κ2) is 6.69. The van der Waals surface area contributed by atoms with Crippen molar-refractivity contribution in [2.45, 2.75) is 17.2 Å². The summed E-state index contributed by atoms with van der Waals surface area (Å²) in [7, 11) is -2.23. The fraction of sp³-hybridized carbons (Fsp3) is 0.308. The monoisotopic (exact) mass is 345 g/mol. The summed E-state index contributed by atoms with van der Waals surface area (Å²) in [5, 5.41) is 8.56. The van der Waals surface area contributed by atoms with E-state index in [1.165, 1.54) is 12.1 Å². The van der Waals surface area contributed by atoms with E-state index in [9.17, 15) is 12.8 Å². The summed E-state index contributed by atoms with van der Waals surface area (Å²) >= 11 is 0.966. The summed E-state index contributed by atoms with van der Waals surface area (Å²) in [6.07, 6.45) is -0.317. The molecule has 0 bridgehead atoms. The number of ether oxygens (including phenoxy) is 1. The Morgan fingerprint density at radius 2 is 2.05 bits per heavy atom. The average Bonchev–Trinajstić information content (AvgIpc) is 2.82. The minimum absolute atomic E-state index is 0.0331. The van der Waals surface area contributed by atoms with Crippen molar-refractivity contribution in [3.05, 3.63) is 41.3 Å². The number of hydrogen-bond donors (Lipinski definition) is 2. The summed E-state index contributed by atoms with van der Waals surface area (Å²) in [5.74, 6) is -0.320. The van der Waals surface area contributed by atoms with Crippen molar-refractivity contribution in [1.82, 2.24) is 4.98 Å². The van der Waals surface area contributed by atoms with Crippen LogP contribution in [0.4, 0.5) is 9.52 Å². The molecule has 9 heteroatoms. The number of thiazole rings is 1. The van der Waals surface area contributed by atoms with Gasteiger partial charge in [0.25, 0.3) is 0 Å². The Kier molecular flexibility index (Phi) is 5.12. The average molecular weight is 345 g/mol. The molecule has 0 unspecified atom stereocenters. The molecule has 0 aliphatic carbocycles. The third kappa shape index (κ3) is 4.01. The summed E-state index contributed by atoms with van der Waals surface area (Å²) < 4.78 is 41.1. The maximum Gasteiger partial charge on any atom is 0.249 e. The summed E-state index contributed by atoms with van der Waals surface area (Å²) in [6, 6.07) is 5.98. The first-order valence-electron chi connectivity index (χ1n) is 6.33. The van der Waals surface area contributed by atoms with Gasteiger partial charge in [0.2, 0.25) is 10.0 Å². The second-order valence-electron chi connectivity index (χ2n) is 4.59. The van der Waals surface area contributed by atoms with Crippen LogP contribution in [0.5, 0.6) is 0 Å². The Bertz CT molecular complexity index is 744. The Balaban J connectivity index is 2.09. The van der Waals surface area contributed by atoms with E-state index in [-0.39, 0.29) is 16.1 Å². The van der Waals surface area contributed by atoms with Crippen LogP contribution in [0, 0.1) is 12.7 Å². The lowest BCUT2D eigenvalue weighted by Crippen LogP contribution is -2.14. The molecule has 0 aliphatic rings. The first-order valence-corrected chi connectivity index (χ1v) is 8.70. The van der Waals surface area contributed by atoms with Crippen LogP contribution < -0.4 is 10.5 Å². The zero-order chi connectivity index (χ0) is 16.3. The van der Waals surface area contributed by atoms with E-state index >= 15 is 0 Å². The van der Waals surface area contributed by atoms with Gasteiger partial charge in [-0.25, -0.2) is 22.9 Å². The van der Waals surface area contributed by atoms with Crippen molar-refractivity contribution < 1.29 is 17.5 Å². The second-order valence-corrected chi connectivity index (χ2v) is 7.35. The number of anilines is 1. The van der Waals surface area contributed by atoms with Crippen molar-refractivity contribution in [1.29, 1.82) is 0 Å². The van der Waals surface area contributed by atoms with Gasteiger partial charge in [0.1, 0.15) is 5.82 Å². The van der Waals surface area contributed by atoms with Gasteiger partial charge in [-0.2, -0.15) is 0 Å². The van der Waals surface area contributed by atoms with Crippen LogP contribution in [-0.4, -0.2) is 27.1 Å². The van der Waals surface area contributed by atoms with Crippen LogP contribution in [0.3, 0.4) is 0 Å². The summed E-state index contributed by atoms with van der Waals surface area (Å²) in [4.78, 5) is 4.12. The molecule has 0 saturated carbocycles. The molecule has 1 heterocycles. The van der Waals surface area contributed by atoms with Gasteiger partial charge in [-0.05, 0) is 24.6 Å². The molecule has 22 heavy (non-hydrogen) atoms. The molecule has 0 amide bonds. The zero-order valence-electron chi connectivity index (χ0n) is 12.0. The molecule has 1 aromatic heterocycles. The van der Waals surface area contributed by atoms with Gasteiger partial charge in [-0.15, -0.1) is 0 Å². The van der Waals surface area contributed by atoms with Gasteiger partial charge >= 0.3 is 0 Å². The van der Waals surface area contributed by atoms with Gasteiger partial charge in [-0.1, -0.05) is 23.5 Å². The predicted molar refractivity (Wildman–Crippen MR) is 82.9 cm³/mol. The molecule has 120 valence electrons. The number of methoxy groups -OCH3 is 1. The van der Waals surface area contributed by atoms with Gasteiger partial charge in [0, 0.05) is 13.7 Å². The molecule has 3 N–H and O–H groups in total. The van der Waals surface area contributed by atoms with Crippen molar-refractivity contribution in [2.24, 2.45) is 5.14 Å². The standard InChI is InChI=1S/C13H16FN3O3S2/c1-8-12(22(15,18)19)21-13(17-8)16-7-11(20-2)9-3-5-10(14)6-4-9/h3-6,11H,7H2,1-2H3,(H,16,17)(H2,15,18,19)/t11-/m0/s1. The first kappa shape index (κ1) is 16.8. The van der Waals surface area contributed by atoms with Crippen LogP contribution in [0.2, 0.25) is 0 Å². The van der Waals surface area contributed by atoms with E-state index in [1.54, 1.807) is 26.2 Å². The highest BCUT2D eigenvalue weighted by Gasteiger charge is 2.18. The Hall–Kier alpha value is -1.55. The Morgan fingerprint density at radius 3 is 2.55 bits per heavy atom. The molecule has 0 aliphatic heterocycles. The van der Waals surface area contributed by atoms with E-state index in [1.807, 2.05) is 0 Å². The van der Waals surface area contributed by atoms with Gasteiger partial charge in [0.15, 0.2) is 9.34 Å². The molecule has 6 nitrogen and oxygen atoms in total. The molecular formula is C13H16FN3O3S2. The van der Waals surface area contributed by atoms with Crippen molar-refractivity contribution in [3.8, 4) is 0 Å². The summed E-state index contributed by atoms with van der Waals surface area (Å²) in [5.41, 5.74) is 1.15. The molecule has 0 radical (unpaired) electrons. The van der Waals surface area contributed by atoms with E-state index < -0.39 is 10.0 Å². The van der Waals surface area contributed by atoms with Crippen LogP contribution in [-0.2, 0) is 14.8 Å². The number of benzene rings is 1. The van der Waals surface area contributed by atoms with Crippen LogP contribution in [0.1, 0.15) is 17.4 Å². The number of aromatic nitrogens is 1. The maximum absolute atomic E-state index is 12.9. The topological polar surface area (TPSA) is 94.3 Å². The van der Waals surface area contributed by atoms with Crippen LogP contribution in [0.15, 0.2) is 28.5 Å². The molecule has 1 aromatic carbocycles. The largest absolute Gasteiger partial charge is 0.375 e. The van der Waals surface area contributed by atoms with Crippen molar-refractivity contribution in [3.63, 3.8) is 0 Å². The van der Waals surface area contributed by atoms with E-state index in [0.29, 0.717) is 17.4 Å². The zero-order valence-corrected chi connectivity index (χ0v) is 13.7. The lowest BCUT2D eigenvalue weighted by Gasteiger charge is -2.16. The highest BCUT2D eigenvalue weighted by Crippen LogP contribution is 2.27. The smallest absolute Gasteiger partial charge is 0.249 e. The molecule has 2 aromatic rings. The number of nitrogens with zero attached hydrogens (tertiary/aromatic N) is 1. The molecule has 1 atom stereocenters. The Labute approximate surface area is 132 Å². The lowest BCUT2D eigenvalue weighted by molar-refractivity contribution is 0.114. The van der Waals surface area contributed by atoms with Crippen LogP contribution in [0.25, 0.3) is 0 Å². The number of sulfonamides is 1. The van der Waals surface area contributed by atoms with E-state index in [0.717, 1.165) is 16.9 Å². The van der Waals surface area contributed by atoms with Gasteiger partial charge in [-0.3, -0.25) is 0 Å². The van der Waals surface area contributed by atoms with E-state index in [2.05, 4.69) is 10.3 Å². The number of halogens is 1. The third-order valence-corrected chi connectivity index (χ3v) is 5.65. The van der Waals surface area contributed by atoms with Crippen molar-refractivity contribution >= 4 is 26.5 Å². The highest BCUT2D eigenvalue weighted by atomic mass is 32.2. The number of nitrogens with two attached hydrogens (primary N) is 1. The minimum Gasteiger partial charge on any atom is -0.375 e. The third-order valence-electron chi connectivity index (χ3n) is 2.98. The normalized spacial score (nSPS) is 13.1. The van der Waals surface area contributed by atoms with Gasteiger partial charge in [0.05, 0.1) is 11.8 Å². The number of hydrogen-bond acceptors (Lipinski definition) is 6. The highest BCUT2D eigenvalue weighted by molar-refractivity contribution is 7.91.